The minimum atomic E-state index is -0.237. The summed E-state index contributed by atoms with van der Waals surface area (Å²) in [6.07, 6.45) is 0. The van der Waals surface area contributed by atoms with Crippen LogP contribution in [0.3, 0.4) is 0 Å². The highest BCUT2D eigenvalue weighted by Crippen LogP contribution is 2.25. The second-order valence-electron chi connectivity index (χ2n) is 6.40. The largest absolute Gasteiger partial charge is 0.366 e. The lowest BCUT2D eigenvalue weighted by Gasteiger charge is -2.35. The zero-order chi connectivity index (χ0) is 19.5. The third-order valence-electron chi connectivity index (χ3n) is 4.56. The van der Waals surface area contributed by atoms with Crippen molar-refractivity contribution in [2.75, 3.05) is 36.4 Å². The molecule has 1 aliphatic heterocycles. The number of benzene rings is 2. The lowest BCUT2D eigenvalue weighted by atomic mass is 10.2. The van der Waals surface area contributed by atoms with Crippen LogP contribution in [0.2, 0.25) is 5.02 Å². The number of nitrogens with one attached hydrogen (secondary N) is 1. The van der Waals surface area contributed by atoms with Crippen molar-refractivity contribution in [2.24, 2.45) is 0 Å². The van der Waals surface area contributed by atoms with Gasteiger partial charge in [-0.1, -0.05) is 29.8 Å². The third kappa shape index (κ3) is 4.10. The standard InChI is InChI=1S/C20H18ClFN4OS/c21-14-4-3-5-15(12-14)23-20-24-17(13-28-20)19(27)26-10-8-25(9-11-26)18-7-2-1-6-16(18)22/h1-7,12-13H,8-11H2,(H,23,24). The number of amides is 1. The van der Waals surface area contributed by atoms with Crippen LogP contribution in [0, 0.1) is 5.82 Å². The van der Waals surface area contributed by atoms with Crippen LogP contribution in [0.25, 0.3) is 0 Å². The number of carbonyl (C=O) groups excluding carboxylic acids is 1. The predicted molar refractivity (Wildman–Crippen MR) is 111 cm³/mol. The average molecular weight is 417 g/mol. The van der Waals surface area contributed by atoms with Crippen molar-refractivity contribution in [1.82, 2.24) is 9.88 Å². The van der Waals surface area contributed by atoms with E-state index < -0.39 is 0 Å². The number of aromatic nitrogens is 1. The van der Waals surface area contributed by atoms with Gasteiger partial charge >= 0.3 is 0 Å². The molecule has 0 unspecified atom stereocenters. The van der Waals surface area contributed by atoms with Crippen molar-refractivity contribution in [2.45, 2.75) is 0 Å². The van der Waals surface area contributed by atoms with Crippen LogP contribution < -0.4 is 10.2 Å². The van der Waals surface area contributed by atoms with Gasteiger partial charge in [-0.25, -0.2) is 9.37 Å². The number of anilines is 3. The van der Waals surface area contributed by atoms with Crippen LogP contribution >= 0.6 is 22.9 Å². The molecule has 0 radical (unpaired) electrons. The number of para-hydroxylation sites is 1. The van der Waals surface area contributed by atoms with Gasteiger partial charge in [0.05, 0.1) is 5.69 Å². The molecule has 0 bridgehead atoms. The fourth-order valence-electron chi connectivity index (χ4n) is 3.14. The van der Waals surface area contributed by atoms with Crippen molar-refractivity contribution >= 4 is 45.4 Å². The summed E-state index contributed by atoms with van der Waals surface area (Å²) in [4.78, 5) is 20.9. The Morgan fingerprint density at radius 2 is 1.89 bits per heavy atom. The Hall–Kier alpha value is -2.64. The maximum atomic E-state index is 14.0. The first-order valence-electron chi connectivity index (χ1n) is 8.87. The molecule has 0 saturated carbocycles. The van der Waals surface area contributed by atoms with E-state index in [0.29, 0.717) is 47.7 Å². The Morgan fingerprint density at radius 3 is 2.64 bits per heavy atom. The summed E-state index contributed by atoms with van der Waals surface area (Å²) in [6, 6.07) is 14.0. The Balaban J connectivity index is 1.38. The summed E-state index contributed by atoms with van der Waals surface area (Å²) >= 11 is 7.36. The number of piperazine rings is 1. The molecule has 1 aromatic heterocycles. The smallest absolute Gasteiger partial charge is 0.273 e. The van der Waals surface area contributed by atoms with Crippen LogP contribution in [0.5, 0.6) is 0 Å². The summed E-state index contributed by atoms with van der Waals surface area (Å²) in [5.41, 5.74) is 1.81. The van der Waals surface area contributed by atoms with Gasteiger partial charge in [-0.2, -0.15) is 0 Å². The number of carbonyl (C=O) groups is 1. The van der Waals surface area contributed by atoms with Crippen molar-refractivity contribution in [1.29, 1.82) is 0 Å². The SMILES string of the molecule is O=C(c1csc(Nc2cccc(Cl)c2)n1)N1CCN(c2ccccc2F)CC1. The second-order valence-corrected chi connectivity index (χ2v) is 7.70. The fourth-order valence-corrected chi connectivity index (χ4v) is 4.03. The quantitative estimate of drug-likeness (QED) is 0.673. The van der Waals surface area contributed by atoms with Gasteiger partial charge in [0, 0.05) is 42.3 Å². The molecule has 0 atom stereocenters. The Labute approximate surface area is 171 Å². The van der Waals surface area contributed by atoms with Gasteiger partial charge in [-0.15, -0.1) is 11.3 Å². The molecule has 2 aromatic carbocycles. The molecule has 5 nitrogen and oxygen atoms in total. The fraction of sp³-hybridized carbons (Fsp3) is 0.200. The number of halogens is 2. The van der Waals surface area contributed by atoms with Crippen LogP contribution in [-0.4, -0.2) is 42.0 Å². The van der Waals surface area contributed by atoms with Crippen molar-refractivity contribution in [3.63, 3.8) is 0 Å². The highest BCUT2D eigenvalue weighted by Gasteiger charge is 2.25. The van der Waals surface area contributed by atoms with Gasteiger partial charge in [0.25, 0.3) is 5.91 Å². The van der Waals surface area contributed by atoms with E-state index in [-0.39, 0.29) is 11.7 Å². The Kier molecular flexibility index (Phi) is 5.45. The molecule has 1 saturated heterocycles. The number of hydrogen-bond acceptors (Lipinski definition) is 5. The van der Waals surface area contributed by atoms with E-state index in [1.807, 2.05) is 23.1 Å². The first-order valence-corrected chi connectivity index (χ1v) is 10.1. The van der Waals surface area contributed by atoms with E-state index in [1.165, 1.54) is 17.4 Å². The van der Waals surface area contributed by atoms with E-state index in [4.69, 9.17) is 11.6 Å². The summed E-state index contributed by atoms with van der Waals surface area (Å²) in [7, 11) is 0. The molecule has 0 aliphatic carbocycles. The van der Waals surface area contributed by atoms with Gasteiger partial charge in [-0.3, -0.25) is 4.79 Å². The average Bonchev–Trinajstić information content (AvgIpc) is 3.16. The van der Waals surface area contributed by atoms with E-state index >= 15 is 0 Å². The van der Waals surface area contributed by atoms with Crippen LogP contribution in [-0.2, 0) is 0 Å². The summed E-state index contributed by atoms with van der Waals surface area (Å²) in [6.45, 7) is 2.23. The zero-order valence-corrected chi connectivity index (χ0v) is 16.5. The van der Waals surface area contributed by atoms with Gasteiger partial charge < -0.3 is 15.1 Å². The maximum Gasteiger partial charge on any atom is 0.273 e. The van der Waals surface area contributed by atoms with Crippen LogP contribution in [0.15, 0.2) is 53.9 Å². The summed E-state index contributed by atoms with van der Waals surface area (Å²) in [5.74, 6) is -0.345. The van der Waals surface area contributed by atoms with Crippen LogP contribution in [0.1, 0.15) is 10.5 Å². The van der Waals surface area contributed by atoms with Crippen molar-refractivity contribution in [3.8, 4) is 0 Å². The third-order valence-corrected chi connectivity index (χ3v) is 5.55. The van der Waals surface area contributed by atoms with E-state index in [9.17, 15) is 9.18 Å². The van der Waals surface area contributed by atoms with Gasteiger partial charge in [0.15, 0.2) is 5.13 Å². The molecule has 1 aliphatic rings. The highest BCUT2D eigenvalue weighted by molar-refractivity contribution is 7.14. The zero-order valence-electron chi connectivity index (χ0n) is 14.9. The van der Waals surface area contributed by atoms with Gasteiger partial charge in [0.1, 0.15) is 11.5 Å². The molecule has 2 heterocycles. The number of rotatable bonds is 4. The molecule has 0 spiro atoms. The van der Waals surface area contributed by atoms with E-state index in [2.05, 4.69) is 10.3 Å². The first-order chi connectivity index (χ1) is 13.6. The molecular formula is C20H18ClFN4OS. The monoisotopic (exact) mass is 416 g/mol. The van der Waals surface area contributed by atoms with E-state index in [0.717, 1.165) is 5.69 Å². The molecule has 1 fully saturated rings. The maximum absolute atomic E-state index is 14.0. The lowest BCUT2D eigenvalue weighted by Crippen LogP contribution is -2.49. The predicted octanol–water partition coefficient (Wildman–Crippen LogP) is 4.64. The molecule has 28 heavy (non-hydrogen) atoms. The lowest BCUT2D eigenvalue weighted by molar-refractivity contribution is 0.0741. The van der Waals surface area contributed by atoms with Gasteiger partial charge in [0.2, 0.25) is 0 Å². The minimum absolute atomic E-state index is 0.108. The van der Waals surface area contributed by atoms with Crippen LogP contribution in [0.4, 0.5) is 20.9 Å². The number of nitrogens with zero attached hydrogens (tertiary/aromatic N) is 3. The molecule has 8 heteroatoms. The minimum Gasteiger partial charge on any atom is -0.366 e. The first kappa shape index (κ1) is 18.7. The van der Waals surface area contributed by atoms with Crippen molar-refractivity contribution in [3.05, 3.63) is 70.4 Å². The summed E-state index contributed by atoms with van der Waals surface area (Å²) in [5, 5.41) is 6.17. The molecule has 144 valence electrons. The van der Waals surface area contributed by atoms with Crippen molar-refractivity contribution < 1.29 is 9.18 Å². The molecular weight excluding hydrogens is 399 g/mol. The van der Waals surface area contributed by atoms with Gasteiger partial charge in [-0.05, 0) is 30.3 Å². The molecule has 1 amide bonds. The molecule has 3 aromatic rings. The number of hydrogen-bond donors (Lipinski definition) is 1. The molecule has 4 rings (SSSR count). The second kappa shape index (κ2) is 8.16. The highest BCUT2D eigenvalue weighted by atomic mass is 35.5. The summed E-state index contributed by atoms with van der Waals surface area (Å²) < 4.78 is 14.0. The number of thiazole rings is 1. The Morgan fingerprint density at radius 1 is 1.11 bits per heavy atom. The molecule has 1 N–H and O–H groups in total. The topological polar surface area (TPSA) is 48.5 Å². The normalized spacial score (nSPS) is 14.2. The van der Waals surface area contributed by atoms with E-state index in [1.54, 1.807) is 34.5 Å². The Bertz CT molecular complexity index is 988.